The molecule has 0 saturated carbocycles. The molecule has 8 aromatic rings. The van der Waals surface area contributed by atoms with Gasteiger partial charge in [0.1, 0.15) is 0 Å². The zero-order valence-electron chi connectivity index (χ0n) is 61.7. The van der Waals surface area contributed by atoms with E-state index in [1.165, 1.54) is 262 Å². The van der Waals surface area contributed by atoms with Gasteiger partial charge in [0.2, 0.25) is 0 Å². The average molecular weight is 1550 g/mol. The number of unbranched alkanes of at least 4 members (excludes halogenated alkanes) is 24. The van der Waals surface area contributed by atoms with Gasteiger partial charge in [0, 0.05) is 14.6 Å². The van der Waals surface area contributed by atoms with Crippen molar-refractivity contribution in [2.45, 2.75) is 286 Å². The molecule has 8 heterocycles. The van der Waals surface area contributed by atoms with Crippen LogP contribution >= 0.6 is 45.3 Å². The summed E-state index contributed by atoms with van der Waals surface area (Å²) in [6.07, 6.45) is 52.6. The Balaban J connectivity index is 0.855. The molecule has 12 heteroatoms. The van der Waals surface area contributed by atoms with Crippen molar-refractivity contribution in [1.82, 2.24) is 9.80 Å². The maximum atomic E-state index is 15.6. The Bertz CT molecular complexity index is 3900. The van der Waals surface area contributed by atoms with Crippen molar-refractivity contribution >= 4 is 121 Å². The molecule has 538 valence electrons. The maximum Gasteiger partial charge on any atom is -0.145 e. The van der Waals surface area contributed by atoms with Crippen LogP contribution in [0.15, 0.2) is 84.9 Å². The second kappa shape index (κ2) is 41.3. The van der Waals surface area contributed by atoms with Crippen LogP contribution in [-0.4, -0.2) is 75.5 Å². The van der Waals surface area contributed by atoms with E-state index in [-0.39, 0.29) is 65.7 Å². The molecule has 0 fully saturated rings. The van der Waals surface area contributed by atoms with Crippen LogP contribution < -0.4 is 0 Å². The van der Waals surface area contributed by atoms with Crippen LogP contribution in [0.25, 0.3) is 52.0 Å². The van der Waals surface area contributed by atoms with Gasteiger partial charge in [-0.1, -0.05) is 233 Å². The normalized spacial score (nSPS) is 13.8. The van der Waals surface area contributed by atoms with Gasteiger partial charge in [0.25, 0.3) is 0 Å². The summed E-state index contributed by atoms with van der Waals surface area (Å²) in [5, 5.41) is 0.915. The molecule has 0 bridgehead atoms. The van der Waals surface area contributed by atoms with Crippen molar-refractivity contribution in [2.75, 3.05) is 13.1 Å². The summed E-state index contributed by atoms with van der Waals surface area (Å²) in [4.78, 5) is 74.3. The van der Waals surface area contributed by atoms with Gasteiger partial charge in [-0.3, -0.25) is 0 Å². The first kappa shape index (κ1) is 78.1. The van der Waals surface area contributed by atoms with E-state index in [1.807, 2.05) is 53.1 Å². The smallest absolute Gasteiger partial charge is 0.145 e. The zero-order chi connectivity index (χ0) is 70.0. The minimum atomic E-state index is -0.349. The van der Waals surface area contributed by atoms with E-state index >= 15 is 19.2 Å². The molecular formula is C88H116N2O4S4Se2. The van der Waals surface area contributed by atoms with Crippen LogP contribution in [-0.2, 0) is 25.7 Å². The van der Waals surface area contributed by atoms with E-state index in [0.29, 0.717) is 68.8 Å². The molecule has 0 aliphatic carbocycles. The quantitative estimate of drug-likeness (QED) is 0.0216. The Morgan fingerprint density at radius 1 is 0.360 bits per heavy atom. The first-order chi connectivity index (χ1) is 48.9. The van der Waals surface area contributed by atoms with Crippen LogP contribution in [0, 0.1) is 25.7 Å². The number of aryl methyl sites for hydroxylation is 4. The minimum Gasteiger partial charge on any atom is -0.145 e. The van der Waals surface area contributed by atoms with Crippen LogP contribution in [0.1, 0.15) is 326 Å². The number of rotatable bonds is 49. The van der Waals surface area contributed by atoms with Gasteiger partial charge in [0.05, 0.1) is 0 Å². The number of hydrogen-bond acceptors (Lipinski definition) is 8. The summed E-state index contributed by atoms with van der Waals surface area (Å²) in [5.41, 5.74) is 2.98. The fraction of sp³-hybridized carbons (Fsp3) is 0.545. The SMILES string of the molecule is CCCCCCCCCCC(CCCCCCCC)Cc1ccc(CCCN2C(=O)c3cc(-c4ccc(-c5ccc(/C=C/c6ccc(-c7ccc(C)s7)[se]6)[se]5)s4)c4c5c(cc(C)c(c35)C2=O)C(=O)N(CCCc2ccc(CC(CCCCCCCC)CCCCCCCCCC)s2)C4=O)s1. The second-order valence-electron chi connectivity index (χ2n) is 29.3. The fourth-order valence-electron chi connectivity index (χ4n) is 15.4. The Labute approximate surface area is 630 Å². The van der Waals surface area contributed by atoms with Gasteiger partial charge in [0.15, 0.2) is 0 Å². The molecule has 0 radical (unpaired) electrons. The first-order valence-electron chi connectivity index (χ1n) is 39.5. The van der Waals surface area contributed by atoms with Gasteiger partial charge < -0.3 is 0 Å². The van der Waals surface area contributed by atoms with Crippen molar-refractivity contribution in [1.29, 1.82) is 0 Å². The molecule has 4 amide bonds. The molecule has 2 aliphatic rings. The van der Waals surface area contributed by atoms with E-state index in [0.717, 1.165) is 35.4 Å². The minimum absolute atomic E-state index is 0.0730. The molecule has 0 spiro atoms. The van der Waals surface area contributed by atoms with E-state index in [2.05, 4.69) is 120 Å². The number of imide groups is 2. The van der Waals surface area contributed by atoms with Crippen molar-refractivity contribution in [3.05, 3.63) is 146 Å². The summed E-state index contributed by atoms with van der Waals surface area (Å²) >= 11 is 7.70. The molecule has 6 aromatic heterocycles. The topological polar surface area (TPSA) is 74.8 Å². The molecule has 6 nitrogen and oxygen atoms in total. The van der Waals surface area contributed by atoms with Crippen LogP contribution in [0.4, 0.5) is 0 Å². The van der Waals surface area contributed by atoms with Crippen molar-refractivity contribution < 1.29 is 19.2 Å². The van der Waals surface area contributed by atoms with Crippen LogP contribution in [0.3, 0.4) is 0 Å². The number of benzene rings is 2. The number of carbonyl (C=O) groups is 4. The Morgan fingerprint density at radius 3 is 1.18 bits per heavy atom. The number of carbonyl (C=O) groups excluding carboxylic acids is 4. The van der Waals surface area contributed by atoms with Crippen LogP contribution in [0.5, 0.6) is 0 Å². The molecule has 0 N–H and O–H groups in total. The predicted molar refractivity (Wildman–Crippen MR) is 436 cm³/mol. The van der Waals surface area contributed by atoms with Crippen LogP contribution in [0.2, 0.25) is 0 Å². The van der Waals surface area contributed by atoms with Crippen molar-refractivity contribution in [3.8, 4) is 29.1 Å². The average Bonchev–Trinajstić information content (AvgIpc) is 1.30. The largest absolute Gasteiger partial charge is 0.145 e. The third-order valence-electron chi connectivity index (χ3n) is 21.1. The molecular weight excluding hydrogens is 1440 g/mol. The summed E-state index contributed by atoms with van der Waals surface area (Å²) in [6, 6.07) is 30.8. The van der Waals surface area contributed by atoms with Gasteiger partial charge >= 0.3 is 316 Å². The number of amides is 4. The molecule has 2 unspecified atom stereocenters. The Kier molecular flexibility index (Phi) is 32.2. The number of thiophene rings is 4. The maximum absolute atomic E-state index is 15.6. The van der Waals surface area contributed by atoms with Gasteiger partial charge in [-0.2, -0.15) is 0 Å². The fourth-order valence-corrected chi connectivity index (χ4v) is 24.0. The Hall–Kier alpha value is -4.48. The molecule has 100 heavy (non-hydrogen) atoms. The van der Waals surface area contributed by atoms with Gasteiger partial charge in [-0.05, 0) is 48.9 Å². The number of nitrogens with zero attached hydrogens (tertiary/aromatic N) is 2. The summed E-state index contributed by atoms with van der Waals surface area (Å²) in [7, 11) is 0. The monoisotopic (exact) mass is 1550 g/mol. The molecule has 2 aromatic carbocycles. The molecule has 0 saturated heterocycles. The van der Waals surface area contributed by atoms with E-state index < -0.39 is 0 Å². The second-order valence-corrected chi connectivity index (χ2v) is 38.8. The molecule has 2 atom stereocenters. The molecule has 2 aliphatic heterocycles. The summed E-state index contributed by atoms with van der Waals surface area (Å²) < 4.78 is 5.39. The third kappa shape index (κ3) is 22.1. The van der Waals surface area contributed by atoms with E-state index in [4.69, 9.17) is 0 Å². The van der Waals surface area contributed by atoms with Crippen molar-refractivity contribution in [2.24, 2.45) is 11.8 Å². The summed E-state index contributed by atoms with van der Waals surface area (Å²) in [5.74, 6) is 0.0379. The van der Waals surface area contributed by atoms with Gasteiger partial charge in [-0.25, -0.2) is 0 Å². The van der Waals surface area contributed by atoms with E-state index in [1.54, 1.807) is 11.3 Å². The number of hydrogen-bond donors (Lipinski definition) is 0. The third-order valence-corrected chi connectivity index (χ3v) is 30.8. The standard InChI is InChI=1S/C88H116N2O4S4Se2/c1-7-11-15-19-23-25-29-33-39-65(37-31-27-21-17-13-9-3)60-69-46-44-67(96-69)41-35-57-89-86(92)75-62-73(76-53-54-78(98-76)80-56-51-72(100-80)49-48-71-50-55-79(99-71)77-52-43-64(6)95-77)84-83-74(59-63(5)81(82(75)83)87(89)93)85(91)90(88(84)94)58-36-42-68-45-47-70(97-68)61-66(38-32-28-22-18-14-10-4)40-34-30-26-24-20-16-12-8-2/h43-56,59,62,65-66H,7-42,57-58,60-61H2,1-6H3/b49-48+. The Morgan fingerprint density at radius 2 is 0.740 bits per heavy atom. The van der Waals surface area contributed by atoms with E-state index in [9.17, 15) is 0 Å². The van der Waals surface area contributed by atoms with Gasteiger partial charge in [-0.15, -0.1) is 22.7 Å². The first-order valence-corrected chi connectivity index (χ1v) is 46.2. The molecule has 10 rings (SSSR count). The van der Waals surface area contributed by atoms with Crippen molar-refractivity contribution in [3.63, 3.8) is 0 Å². The summed E-state index contributed by atoms with van der Waals surface area (Å²) in [6.45, 7) is 13.8. The predicted octanol–water partition coefficient (Wildman–Crippen LogP) is 26.3. The zero-order valence-corrected chi connectivity index (χ0v) is 68.3.